The molecule has 7 heteroatoms. The fourth-order valence-electron chi connectivity index (χ4n) is 5.13. The normalized spacial score (nSPS) is 32.9. The number of amides is 1. The summed E-state index contributed by atoms with van der Waals surface area (Å²) in [4.78, 5) is 16.2. The van der Waals surface area contributed by atoms with E-state index in [1.165, 1.54) is 0 Å². The van der Waals surface area contributed by atoms with Crippen molar-refractivity contribution in [3.8, 4) is 5.75 Å². The predicted octanol–water partition coefficient (Wildman–Crippen LogP) is 4.82. The van der Waals surface area contributed by atoms with Gasteiger partial charge in [-0.1, -0.05) is 19.4 Å². The molecule has 4 atom stereocenters. The number of alkyl carbamates (subject to hydrolysis) is 1. The molecular formula is C22H28F2N2O3. The Hall–Kier alpha value is -2.18. The van der Waals surface area contributed by atoms with Gasteiger partial charge < -0.3 is 14.8 Å². The molecule has 158 valence electrons. The largest absolute Gasteiger partial charge is 0.492 e. The summed E-state index contributed by atoms with van der Waals surface area (Å²) < 4.78 is 39.2. The first kappa shape index (κ1) is 20.1. The molecule has 1 aromatic heterocycles. The van der Waals surface area contributed by atoms with Gasteiger partial charge in [-0.05, 0) is 49.3 Å². The van der Waals surface area contributed by atoms with Crippen LogP contribution in [0, 0.1) is 17.8 Å². The summed E-state index contributed by atoms with van der Waals surface area (Å²) in [5.41, 5.74) is 0.0388. The number of unbranched alkanes of at least 4 members (excludes halogenated alkanes) is 1. The highest BCUT2D eigenvalue weighted by atomic mass is 19.3. The quantitative estimate of drug-likeness (QED) is 0.688. The van der Waals surface area contributed by atoms with E-state index in [2.05, 4.69) is 17.2 Å². The molecule has 0 radical (unpaired) electrons. The summed E-state index contributed by atoms with van der Waals surface area (Å²) in [6.45, 7) is 3.15. The number of carbonyl (C=O) groups is 1. The number of nitrogens with one attached hydrogen (secondary N) is 1. The van der Waals surface area contributed by atoms with Crippen molar-refractivity contribution in [3.63, 3.8) is 0 Å². The van der Waals surface area contributed by atoms with Gasteiger partial charge >= 0.3 is 6.09 Å². The van der Waals surface area contributed by atoms with Crippen LogP contribution in [-0.2, 0) is 4.74 Å². The molecule has 1 N–H and O–H groups in total. The van der Waals surface area contributed by atoms with E-state index in [0.29, 0.717) is 26.0 Å². The summed E-state index contributed by atoms with van der Waals surface area (Å²) in [7, 11) is 0. The van der Waals surface area contributed by atoms with Crippen LogP contribution in [0.4, 0.5) is 13.6 Å². The van der Waals surface area contributed by atoms with E-state index in [-0.39, 0.29) is 30.6 Å². The number of fused-ring (bicyclic) bond motifs is 1. The number of rotatable bonds is 6. The van der Waals surface area contributed by atoms with Crippen LogP contribution in [0.25, 0.3) is 6.08 Å². The number of halogens is 2. The predicted molar refractivity (Wildman–Crippen MR) is 105 cm³/mol. The van der Waals surface area contributed by atoms with E-state index in [1.54, 1.807) is 6.20 Å². The van der Waals surface area contributed by atoms with Crippen LogP contribution in [0.1, 0.15) is 51.1 Å². The van der Waals surface area contributed by atoms with Gasteiger partial charge in [-0.25, -0.2) is 13.6 Å². The lowest BCUT2D eigenvalue weighted by atomic mass is 9.75. The Morgan fingerprint density at radius 3 is 2.93 bits per heavy atom. The summed E-state index contributed by atoms with van der Waals surface area (Å²) in [5.74, 6) is -2.02. The van der Waals surface area contributed by atoms with Crippen molar-refractivity contribution < 1.29 is 23.0 Å². The summed E-state index contributed by atoms with van der Waals surface area (Å²) >= 11 is 0. The van der Waals surface area contributed by atoms with E-state index < -0.39 is 17.6 Å². The Morgan fingerprint density at radius 2 is 2.24 bits per heavy atom. The van der Waals surface area contributed by atoms with Crippen LogP contribution in [0.15, 0.2) is 24.4 Å². The average Bonchev–Trinajstić information content (AvgIpc) is 3.19. The van der Waals surface area contributed by atoms with Gasteiger partial charge in [0, 0.05) is 18.8 Å². The third-order valence-corrected chi connectivity index (χ3v) is 6.51. The van der Waals surface area contributed by atoms with Gasteiger partial charge in [0.05, 0.1) is 25.0 Å². The SMILES string of the molecule is CCCCOc1ccc(/C=C/[C@H]2[C@@H]3CCC(F)(F)C[C@H]3CC23CNC(=O)O3)nc1. The number of ether oxygens (including phenoxy) is 2. The molecule has 2 heterocycles. The number of hydrogen-bond acceptors (Lipinski definition) is 4. The Labute approximate surface area is 169 Å². The van der Waals surface area contributed by atoms with Crippen LogP contribution >= 0.6 is 0 Å². The second-order valence-corrected chi connectivity index (χ2v) is 8.54. The third kappa shape index (κ3) is 4.23. The first-order valence-corrected chi connectivity index (χ1v) is 10.5. The van der Waals surface area contributed by atoms with E-state index in [1.807, 2.05) is 24.3 Å². The van der Waals surface area contributed by atoms with E-state index in [0.717, 1.165) is 24.3 Å². The lowest BCUT2D eigenvalue weighted by Gasteiger charge is -2.33. The maximum Gasteiger partial charge on any atom is 0.407 e. The van der Waals surface area contributed by atoms with Crippen LogP contribution in [0.5, 0.6) is 5.75 Å². The minimum atomic E-state index is -2.62. The molecular weight excluding hydrogens is 378 g/mol. The highest BCUT2D eigenvalue weighted by Crippen LogP contribution is 2.56. The zero-order valence-electron chi connectivity index (χ0n) is 16.7. The van der Waals surface area contributed by atoms with Gasteiger partial charge in [-0.15, -0.1) is 0 Å². The van der Waals surface area contributed by atoms with E-state index >= 15 is 0 Å². The molecule has 1 spiro atoms. The van der Waals surface area contributed by atoms with Gasteiger partial charge in [0.15, 0.2) is 0 Å². The lowest BCUT2D eigenvalue weighted by Crippen LogP contribution is -2.38. The molecule has 1 saturated heterocycles. The molecule has 5 nitrogen and oxygen atoms in total. The molecule has 2 aliphatic carbocycles. The Bertz CT molecular complexity index is 768. The van der Waals surface area contributed by atoms with Gasteiger partial charge in [0.25, 0.3) is 0 Å². The molecule has 1 aromatic rings. The Morgan fingerprint density at radius 1 is 1.38 bits per heavy atom. The van der Waals surface area contributed by atoms with Crippen molar-refractivity contribution in [1.29, 1.82) is 0 Å². The first-order chi connectivity index (χ1) is 13.9. The molecule has 4 rings (SSSR count). The van der Waals surface area contributed by atoms with E-state index in [9.17, 15) is 13.6 Å². The van der Waals surface area contributed by atoms with Crippen molar-refractivity contribution in [2.75, 3.05) is 13.2 Å². The van der Waals surface area contributed by atoms with Crippen molar-refractivity contribution >= 4 is 12.2 Å². The third-order valence-electron chi connectivity index (χ3n) is 6.51. The minimum absolute atomic E-state index is 0.0927. The van der Waals surface area contributed by atoms with Gasteiger partial charge in [-0.2, -0.15) is 0 Å². The zero-order chi connectivity index (χ0) is 20.5. The molecule has 3 aliphatic rings. The highest BCUT2D eigenvalue weighted by Gasteiger charge is 2.60. The van der Waals surface area contributed by atoms with Crippen LogP contribution in [-0.4, -0.2) is 35.8 Å². The summed E-state index contributed by atoms with van der Waals surface area (Å²) in [5, 5.41) is 2.73. The number of alkyl halides is 2. The number of carbonyl (C=O) groups excluding carboxylic acids is 1. The molecule has 0 bridgehead atoms. The molecule has 29 heavy (non-hydrogen) atoms. The number of nitrogens with zero attached hydrogens (tertiary/aromatic N) is 1. The fourth-order valence-corrected chi connectivity index (χ4v) is 5.13. The lowest BCUT2D eigenvalue weighted by molar-refractivity contribution is -0.0659. The molecule has 1 aliphatic heterocycles. The number of pyridine rings is 1. The average molecular weight is 406 g/mol. The molecule has 3 fully saturated rings. The first-order valence-electron chi connectivity index (χ1n) is 10.5. The fraction of sp³-hybridized carbons (Fsp3) is 0.636. The van der Waals surface area contributed by atoms with Crippen molar-refractivity contribution in [3.05, 3.63) is 30.1 Å². The van der Waals surface area contributed by atoms with Crippen molar-refractivity contribution in [2.45, 2.75) is 57.0 Å². The van der Waals surface area contributed by atoms with Crippen molar-refractivity contribution in [2.24, 2.45) is 17.8 Å². The second kappa shape index (κ2) is 7.92. The van der Waals surface area contributed by atoms with Crippen LogP contribution < -0.4 is 10.1 Å². The van der Waals surface area contributed by atoms with Crippen molar-refractivity contribution in [1.82, 2.24) is 10.3 Å². The number of hydrogen-bond donors (Lipinski definition) is 1. The Kier molecular flexibility index (Phi) is 5.49. The van der Waals surface area contributed by atoms with Crippen LogP contribution in [0.3, 0.4) is 0 Å². The van der Waals surface area contributed by atoms with E-state index in [4.69, 9.17) is 9.47 Å². The van der Waals surface area contributed by atoms with Gasteiger partial charge in [0.2, 0.25) is 5.92 Å². The molecule has 0 aromatic carbocycles. The zero-order valence-corrected chi connectivity index (χ0v) is 16.7. The monoisotopic (exact) mass is 406 g/mol. The smallest absolute Gasteiger partial charge is 0.407 e. The molecule has 1 amide bonds. The standard InChI is InChI=1S/C22H28F2N2O3/c1-2-3-10-28-17-6-4-16(25-13-17)5-7-19-18-8-9-22(23,24)12-15(18)11-21(19)14-26-20(27)29-21/h4-7,13,15,18-19H,2-3,8-12,14H2,1H3,(H,26,27)/b7-5+/t15-,18-,19+,21?/m1/s1. The highest BCUT2D eigenvalue weighted by molar-refractivity contribution is 5.70. The summed E-state index contributed by atoms with van der Waals surface area (Å²) in [6, 6.07) is 3.76. The summed E-state index contributed by atoms with van der Waals surface area (Å²) in [6.07, 6.45) is 7.94. The second-order valence-electron chi connectivity index (χ2n) is 8.54. The van der Waals surface area contributed by atoms with Gasteiger partial charge in [-0.3, -0.25) is 4.98 Å². The maximum absolute atomic E-state index is 14.0. The topological polar surface area (TPSA) is 60.5 Å². The Balaban J connectivity index is 1.50. The maximum atomic E-state index is 14.0. The van der Waals surface area contributed by atoms with Crippen LogP contribution in [0.2, 0.25) is 0 Å². The molecule has 2 saturated carbocycles. The van der Waals surface area contributed by atoms with Gasteiger partial charge in [0.1, 0.15) is 11.4 Å². The minimum Gasteiger partial charge on any atom is -0.492 e. The molecule has 1 unspecified atom stereocenters. The number of aromatic nitrogens is 1.